The Morgan fingerprint density at radius 1 is 1.31 bits per heavy atom. The van der Waals surface area contributed by atoms with Crippen molar-refractivity contribution in [3.05, 3.63) is 46.2 Å². The molecule has 2 aromatic rings. The lowest BCUT2D eigenvalue weighted by Gasteiger charge is -2.33. The molecule has 0 saturated heterocycles. The number of amides is 2. The van der Waals surface area contributed by atoms with Gasteiger partial charge in [-0.25, -0.2) is 4.79 Å². The SMILES string of the molecule is CNC(=O)[C@@H]1CN(C(=O)COC(=O)c2sccc2C)c2ccccc2O1. The van der Waals surface area contributed by atoms with E-state index in [1.54, 1.807) is 36.6 Å². The molecule has 0 radical (unpaired) electrons. The standard InChI is InChI=1S/C18H18N2O5S/c1-11-7-8-26-16(11)18(23)24-10-15(21)20-9-14(17(22)19-2)25-13-6-4-3-5-12(13)20/h3-8,14H,9-10H2,1-2H3,(H,19,22)/t14-/m0/s1. The van der Waals surface area contributed by atoms with Gasteiger partial charge in [-0.05, 0) is 36.1 Å². The van der Waals surface area contributed by atoms with E-state index in [4.69, 9.17) is 9.47 Å². The molecule has 0 spiro atoms. The lowest BCUT2D eigenvalue weighted by Crippen LogP contribution is -2.51. The van der Waals surface area contributed by atoms with Gasteiger partial charge in [0.15, 0.2) is 12.7 Å². The maximum Gasteiger partial charge on any atom is 0.349 e. The van der Waals surface area contributed by atoms with Crippen LogP contribution in [0.4, 0.5) is 5.69 Å². The van der Waals surface area contributed by atoms with Gasteiger partial charge in [-0.15, -0.1) is 11.3 Å². The van der Waals surface area contributed by atoms with Crippen molar-refractivity contribution in [2.75, 3.05) is 25.1 Å². The molecule has 0 fully saturated rings. The number of carbonyl (C=O) groups excluding carboxylic acids is 3. The summed E-state index contributed by atoms with van der Waals surface area (Å²) in [5.41, 5.74) is 1.35. The molecule has 26 heavy (non-hydrogen) atoms. The molecule has 7 nitrogen and oxygen atoms in total. The molecular formula is C18H18N2O5S. The molecule has 136 valence electrons. The number of fused-ring (bicyclic) bond motifs is 1. The molecule has 2 amide bonds. The van der Waals surface area contributed by atoms with Gasteiger partial charge in [0.25, 0.3) is 11.8 Å². The normalized spacial score (nSPS) is 15.6. The Hall–Kier alpha value is -2.87. The van der Waals surface area contributed by atoms with Crippen molar-refractivity contribution >= 4 is 34.8 Å². The van der Waals surface area contributed by atoms with E-state index in [0.29, 0.717) is 16.3 Å². The van der Waals surface area contributed by atoms with Crippen LogP contribution in [-0.4, -0.2) is 44.1 Å². The topological polar surface area (TPSA) is 84.9 Å². The highest BCUT2D eigenvalue weighted by molar-refractivity contribution is 7.12. The fraction of sp³-hybridized carbons (Fsp3) is 0.278. The predicted molar refractivity (Wildman–Crippen MR) is 96.6 cm³/mol. The van der Waals surface area contributed by atoms with Crippen LogP contribution in [0.15, 0.2) is 35.7 Å². The summed E-state index contributed by atoms with van der Waals surface area (Å²) >= 11 is 1.27. The molecule has 1 atom stereocenters. The van der Waals surface area contributed by atoms with Crippen molar-refractivity contribution in [3.8, 4) is 5.75 Å². The zero-order valence-electron chi connectivity index (χ0n) is 14.4. The quantitative estimate of drug-likeness (QED) is 0.825. The first kappa shape index (κ1) is 17.9. The van der Waals surface area contributed by atoms with E-state index in [-0.39, 0.29) is 12.5 Å². The molecule has 1 aliphatic rings. The third-order valence-corrected chi connectivity index (χ3v) is 4.98. The summed E-state index contributed by atoms with van der Waals surface area (Å²) in [5, 5.41) is 4.31. The Bertz CT molecular complexity index is 848. The lowest BCUT2D eigenvalue weighted by atomic mass is 10.1. The first-order chi connectivity index (χ1) is 12.5. The van der Waals surface area contributed by atoms with E-state index >= 15 is 0 Å². The van der Waals surface area contributed by atoms with Crippen LogP contribution < -0.4 is 15.0 Å². The number of nitrogens with zero attached hydrogens (tertiary/aromatic N) is 1. The number of anilines is 1. The molecule has 1 aliphatic heterocycles. The number of benzene rings is 1. The van der Waals surface area contributed by atoms with E-state index in [1.165, 1.54) is 23.3 Å². The second-order valence-corrected chi connectivity index (χ2v) is 6.62. The van der Waals surface area contributed by atoms with Crippen LogP contribution >= 0.6 is 11.3 Å². The van der Waals surface area contributed by atoms with Gasteiger partial charge in [-0.1, -0.05) is 12.1 Å². The summed E-state index contributed by atoms with van der Waals surface area (Å²) in [6, 6.07) is 8.75. The molecule has 0 aliphatic carbocycles. The molecule has 1 aromatic heterocycles. The van der Waals surface area contributed by atoms with Gasteiger partial charge >= 0.3 is 5.97 Å². The molecule has 0 unspecified atom stereocenters. The molecule has 3 rings (SSSR count). The van der Waals surface area contributed by atoms with Crippen LogP contribution in [0.1, 0.15) is 15.2 Å². The molecule has 1 aromatic carbocycles. The molecular weight excluding hydrogens is 356 g/mol. The summed E-state index contributed by atoms with van der Waals surface area (Å²) in [6.07, 6.45) is -0.825. The minimum absolute atomic E-state index is 0.0467. The van der Waals surface area contributed by atoms with E-state index in [9.17, 15) is 14.4 Å². The zero-order chi connectivity index (χ0) is 18.7. The van der Waals surface area contributed by atoms with Crippen molar-refractivity contribution in [1.82, 2.24) is 5.32 Å². The van der Waals surface area contributed by atoms with Gasteiger partial charge in [0.2, 0.25) is 0 Å². The molecule has 8 heteroatoms. The molecule has 2 heterocycles. The number of thiophene rings is 1. The minimum Gasteiger partial charge on any atom is -0.477 e. The average molecular weight is 374 g/mol. The number of nitrogens with one attached hydrogen (secondary N) is 1. The number of esters is 1. The number of rotatable bonds is 4. The number of carbonyl (C=O) groups is 3. The number of para-hydroxylation sites is 2. The zero-order valence-corrected chi connectivity index (χ0v) is 15.2. The van der Waals surface area contributed by atoms with Gasteiger partial charge < -0.3 is 19.7 Å². The molecule has 0 bridgehead atoms. The van der Waals surface area contributed by atoms with Crippen LogP contribution in [0.25, 0.3) is 0 Å². The summed E-state index contributed by atoms with van der Waals surface area (Å²) in [5.74, 6) is -0.850. The Morgan fingerprint density at radius 2 is 2.08 bits per heavy atom. The van der Waals surface area contributed by atoms with Crippen LogP contribution in [0.3, 0.4) is 0 Å². The predicted octanol–water partition coefficient (Wildman–Crippen LogP) is 1.75. The molecule has 1 N–H and O–H groups in total. The van der Waals surface area contributed by atoms with Crippen LogP contribution in [0, 0.1) is 6.92 Å². The minimum atomic E-state index is -0.825. The van der Waals surface area contributed by atoms with Gasteiger partial charge in [0.05, 0.1) is 12.2 Å². The maximum absolute atomic E-state index is 12.6. The fourth-order valence-corrected chi connectivity index (χ4v) is 3.44. The van der Waals surface area contributed by atoms with Crippen molar-refractivity contribution in [2.45, 2.75) is 13.0 Å². The highest BCUT2D eigenvalue weighted by Crippen LogP contribution is 2.33. The first-order valence-electron chi connectivity index (χ1n) is 8.00. The number of ether oxygens (including phenoxy) is 2. The lowest BCUT2D eigenvalue weighted by molar-refractivity contribution is -0.128. The van der Waals surface area contributed by atoms with Crippen molar-refractivity contribution < 1.29 is 23.9 Å². The van der Waals surface area contributed by atoms with Crippen LogP contribution in [0.5, 0.6) is 5.75 Å². The summed E-state index contributed by atoms with van der Waals surface area (Å²) < 4.78 is 10.8. The van der Waals surface area contributed by atoms with Gasteiger partial charge in [0.1, 0.15) is 10.6 Å². The number of aryl methyl sites for hydroxylation is 1. The van der Waals surface area contributed by atoms with Gasteiger partial charge in [-0.2, -0.15) is 0 Å². The van der Waals surface area contributed by atoms with Crippen LogP contribution in [-0.2, 0) is 14.3 Å². The second-order valence-electron chi connectivity index (χ2n) is 5.70. The highest BCUT2D eigenvalue weighted by Gasteiger charge is 2.33. The van der Waals surface area contributed by atoms with Crippen LogP contribution in [0.2, 0.25) is 0 Å². The van der Waals surface area contributed by atoms with E-state index in [0.717, 1.165) is 5.56 Å². The van der Waals surface area contributed by atoms with E-state index in [1.807, 2.05) is 6.07 Å². The molecule has 0 saturated carbocycles. The second kappa shape index (κ2) is 7.57. The average Bonchev–Trinajstić information content (AvgIpc) is 3.10. The summed E-state index contributed by atoms with van der Waals surface area (Å²) in [7, 11) is 1.50. The van der Waals surface area contributed by atoms with Crippen molar-refractivity contribution in [2.24, 2.45) is 0 Å². The Balaban J connectivity index is 1.74. The summed E-state index contributed by atoms with van der Waals surface area (Å²) in [6.45, 7) is 1.44. The van der Waals surface area contributed by atoms with E-state index < -0.39 is 24.6 Å². The fourth-order valence-electron chi connectivity index (χ4n) is 2.62. The van der Waals surface area contributed by atoms with Gasteiger partial charge in [-0.3, -0.25) is 9.59 Å². The van der Waals surface area contributed by atoms with Gasteiger partial charge in [0, 0.05) is 7.05 Å². The van der Waals surface area contributed by atoms with Crippen molar-refractivity contribution in [3.63, 3.8) is 0 Å². The maximum atomic E-state index is 12.6. The summed E-state index contributed by atoms with van der Waals surface area (Å²) in [4.78, 5) is 38.6. The Labute approximate surface area is 154 Å². The number of hydrogen-bond acceptors (Lipinski definition) is 6. The van der Waals surface area contributed by atoms with Crippen molar-refractivity contribution in [1.29, 1.82) is 0 Å². The smallest absolute Gasteiger partial charge is 0.349 e. The highest BCUT2D eigenvalue weighted by atomic mass is 32.1. The number of likely N-dealkylation sites (N-methyl/N-ethyl adjacent to an activating group) is 1. The third kappa shape index (κ3) is 3.55. The van der Waals surface area contributed by atoms with E-state index in [2.05, 4.69) is 5.32 Å². The Kier molecular flexibility index (Phi) is 5.22. The Morgan fingerprint density at radius 3 is 2.77 bits per heavy atom. The monoisotopic (exact) mass is 374 g/mol. The number of hydrogen-bond donors (Lipinski definition) is 1. The third-order valence-electron chi connectivity index (χ3n) is 3.99. The largest absolute Gasteiger partial charge is 0.477 e. The first-order valence-corrected chi connectivity index (χ1v) is 8.88.